The molecule has 20 heavy (non-hydrogen) atoms. The summed E-state index contributed by atoms with van der Waals surface area (Å²) in [5.41, 5.74) is 1.03. The highest BCUT2D eigenvalue weighted by molar-refractivity contribution is 5.88. The summed E-state index contributed by atoms with van der Waals surface area (Å²) in [7, 11) is 0. The number of nitriles is 1. The van der Waals surface area contributed by atoms with Crippen molar-refractivity contribution in [2.45, 2.75) is 33.6 Å². The number of carboxylic acids is 1. The van der Waals surface area contributed by atoms with Gasteiger partial charge in [-0.05, 0) is 32.4 Å². The third kappa shape index (κ3) is 4.23. The van der Waals surface area contributed by atoms with Gasteiger partial charge in [0.25, 0.3) is 0 Å². The zero-order chi connectivity index (χ0) is 15.1. The molecule has 1 atom stereocenters. The minimum absolute atomic E-state index is 0.125. The predicted molar refractivity (Wildman–Crippen MR) is 77.9 cm³/mol. The van der Waals surface area contributed by atoms with Crippen LogP contribution in [0.4, 0.5) is 5.82 Å². The van der Waals surface area contributed by atoms with E-state index in [1.165, 1.54) is 0 Å². The van der Waals surface area contributed by atoms with Crippen LogP contribution in [0.3, 0.4) is 0 Å². The van der Waals surface area contributed by atoms with E-state index in [1.54, 1.807) is 12.1 Å². The smallest absolute Gasteiger partial charge is 0.335 e. The van der Waals surface area contributed by atoms with E-state index in [0.29, 0.717) is 18.9 Å². The van der Waals surface area contributed by atoms with E-state index < -0.39 is 5.97 Å². The van der Waals surface area contributed by atoms with E-state index in [2.05, 4.69) is 11.1 Å². The van der Waals surface area contributed by atoms with Crippen molar-refractivity contribution < 1.29 is 9.90 Å². The Balaban J connectivity index is 3.13. The number of hydrogen-bond donors (Lipinski definition) is 1. The van der Waals surface area contributed by atoms with Crippen molar-refractivity contribution in [2.75, 3.05) is 18.0 Å². The van der Waals surface area contributed by atoms with Gasteiger partial charge in [-0.25, -0.2) is 9.78 Å². The molecule has 0 fully saturated rings. The molecular formula is C15H21N3O2. The minimum Gasteiger partial charge on any atom is -0.478 e. The van der Waals surface area contributed by atoms with Crippen molar-refractivity contribution in [3.05, 3.63) is 23.4 Å². The molecular weight excluding hydrogens is 254 g/mol. The molecule has 0 radical (unpaired) electrons. The molecule has 108 valence electrons. The third-order valence-corrected chi connectivity index (χ3v) is 3.04. The van der Waals surface area contributed by atoms with Gasteiger partial charge in [-0.15, -0.1) is 0 Å². The lowest BCUT2D eigenvalue weighted by atomic mass is 10.1. The van der Waals surface area contributed by atoms with Gasteiger partial charge in [0.1, 0.15) is 5.82 Å². The average Bonchev–Trinajstić information content (AvgIpc) is 2.44. The zero-order valence-electron chi connectivity index (χ0n) is 12.3. The number of anilines is 1. The number of aromatic carboxylic acids is 1. The molecule has 0 saturated heterocycles. The largest absolute Gasteiger partial charge is 0.478 e. The summed E-state index contributed by atoms with van der Waals surface area (Å²) in [6, 6.07) is 5.39. The molecule has 1 rings (SSSR count). The van der Waals surface area contributed by atoms with Gasteiger partial charge in [-0.3, -0.25) is 0 Å². The first-order chi connectivity index (χ1) is 9.51. The van der Waals surface area contributed by atoms with Crippen LogP contribution in [0.25, 0.3) is 0 Å². The Bertz CT molecular complexity index is 508. The molecule has 1 aromatic rings. The van der Waals surface area contributed by atoms with Crippen molar-refractivity contribution in [3.8, 4) is 6.07 Å². The monoisotopic (exact) mass is 275 g/mol. The number of aryl methyl sites for hydroxylation is 1. The molecule has 0 saturated carbocycles. The number of pyridine rings is 1. The summed E-state index contributed by atoms with van der Waals surface area (Å²) < 4.78 is 0. The molecule has 5 nitrogen and oxygen atoms in total. The number of hydrogen-bond acceptors (Lipinski definition) is 4. The van der Waals surface area contributed by atoms with Gasteiger partial charge in [0.05, 0.1) is 17.6 Å². The molecule has 1 unspecified atom stereocenters. The van der Waals surface area contributed by atoms with Crippen LogP contribution >= 0.6 is 0 Å². The molecule has 0 spiro atoms. The van der Waals surface area contributed by atoms with Gasteiger partial charge in [0.2, 0.25) is 0 Å². The van der Waals surface area contributed by atoms with E-state index in [4.69, 9.17) is 5.26 Å². The Morgan fingerprint density at radius 1 is 1.50 bits per heavy atom. The van der Waals surface area contributed by atoms with Gasteiger partial charge < -0.3 is 10.0 Å². The molecule has 0 amide bonds. The number of nitrogens with zero attached hydrogens (tertiary/aromatic N) is 3. The standard InChI is InChI=1S/C15H21N3O2/c1-4-6-13-7-12(15(19)20)8-14(17-13)18(5-2)10-11(3)9-16/h7-8,11H,4-6,10H2,1-3H3,(H,19,20). The van der Waals surface area contributed by atoms with Crippen molar-refractivity contribution in [3.63, 3.8) is 0 Å². The molecule has 1 aromatic heterocycles. The van der Waals surface area contributed by atoms with Gasteiger partial charge in [0, 0.05) is 18.8 Å². The summed E-state index contributed by atoms with van der Waals surface area (Å²) >= 11 is 0. The maximum atomic E-state index is 11.2. The van der Waals surface area contributed by atoms with Crippen LogP contribution in [0.2, 0.25) is 0 Å². The molecule has 0 aliphatic carbocycles. The van der Waals surface area contributed by atoms with Crippen LogP contribution in [-0.2, 0) is 6.42 Å². The van der Waals surface area contributed by atoms with E-state index in [1.807, 2.05) is 25.7 Å². The summed E-state index contributed by atoms with van der Waals surface area (Å²) in [5.74, 6) is -0.437. The second-order valence-corrected chi connectivity index (χ2v) is 4.83. The maximum absolute atomic E-state index is 11.2. The number of aromatic nitrogens is 1. The first-order valence-electron chi connectivity index (χ1n) is 6.90. The van der Waals surface area contributed by atoms with Crippen molar-refractivity contribution in [1.29, 1.82) is 5.26 Å². The fourth-order valence-corrected chi connectivity index (χ4v) is 2.00. The predicted octanol–water partition coefficient (Wildman–Crippen LogP) is 2.72. The lowest BCUT2D eigenvalue weighted by Gasteiger charge is -2.24. The quantitative estimate of drug-likeness (QED) is 0.827. The zero-order valence-corrected chi connectivity index (χ0v) is 12.3. The normalized spacial score (nSPS) is 11.7. The van der Waals surface area contributed by atoms with E-state index in [9.17, 15) is 9.90 Å². The van der Waals surface area contributed by atoms with Gasteiger partial charge >= 0.3 is 5.97 Å². The highest BCUT2D eigenvalue weighted by atomic mass is 16.4. The Labute approximate surface area is 119 Å². The molecule has 5 heteroatoms. The summed E-state index contributed by atoms with van der Waals surface area (Å²) in [4.78, 5) is 17.7. The average molecular weight is 275 g/mol. The van der Waals surface area contributed by atoms with Crippen molar-refractivity contribution in [1.82, 2.24) is 4.98 Å². The first-order valence-corrected chi connectivity index (χ1v) is 6.90. The Morgan fingerprint density at radius 2 is 2.20 bits per heavy atom. The first kappa shape index (κ1) is 16.0. The van der Waals surface area contributed by atoms with Crippen LogP contribution in [0.5, 0.6) is 0 Å². The lowest BCUT2D eigenvalue weighted by Crippen LogP contribution is -2.29. The Morgan fingerprint density at radius 3 is 2.70 bits per heavy atom. The molecule has 0 bridgehead atoms. The van der Waals surface area contributed by atoms with E-state index in [-0.39, 0.29) is 11.5 Å². The van der Waals surface area contributed by atoms with Crippen LogP contribution in [0.15, 0.2) is 12.1 Å². The highest BCUT2D eigenvalue weighted by Gasteiger charge is 2.14. The second kappa shape index (κ2) is 7.49. The lowest BCUT2D eigenvalue weighted by molar-refractivity contribution is 0.0696. The van der Waals surface area contributed by atoms with Crippen LogP contribution in [0, 0.1) is 17.2 Å². The second-order valence-electron chi connectivity index (χ2n) is 4.83. The minimum atomic E-state index is -0.949. The fraction of sp³-hybridized carbons (Fsp3) is 0.533. The maximum Gasteiger partial charge on any atom is 0.335 e. The van der Waals surface area contributed by atoms with Crippen molar-refractivity contribution in [2.24, 2.45) is 5.92 Å². The molecule has 1 heterocycles. The van der Waals surface area contributed by atoms with E-state index >= 15 is 0 Å². The molecule has 0 aliphatic heterocycles. The number of carboxylic acid groups (broad SMARTS) is 1. The summed E-state index contributed by atoms with van der Waals surface area (Å²) in [5, 5.41) is 18.1. The Kier molecular flexibility index (Phi) is 5.98. The van der Waals surface area contributed by atoms with Crippen LogP contribution in [-0.4, -0.2) is 29.1 Å². The third-order valence-electron chi connectivity index (χ3n) is 3.04. The fourth-order valence-electron chi connectivity index (χ4n) is 2.00. The molecule has 0 aromatic carbocycles. The van der Waals surface area contributed by atoms with E-state index in [0.717, 1.165) is 18.5 Å². The van der Waals surface area contributed by atoms with Gasteiger partial charge in [-0.2, -0.15) is 5.26 Å². The molecule has 0 aliphatic rings. The number of rotatable bonds is 7. The summed E-state index contributed by atoms with van der Waals surface area (Å²) in [6.45, 7) is 7.09. The SMILES string of the molecule is CCCc1cc(C(=O)O)cc(N(CC)CC(C)C#N)n1. The van der Waals surface area contributed by atoms with Crippen molar-refractivity contribution >= 4 is 11.8 Å². The van der Waals surface area contributed by atoms with Crippen LogP contribution < -0.4 is 4.90 Å². The van der Waals surface area contributed by atoms with Gasteiger partial charge in [0.15, 0.2) is 0 Å². The topological polar surface area (TPSA) is 77.2 Å². The van der Waals surface area contributed by atoms with Crippen LogP contribution in [0.1, 0.15) is 43.2 Å². The summed E-state index contributed by atoms with van der Waals surface area (Å²) in [6.07, 6.45) is 1.66. The molecule has 1 N–H and O–H groups in total. The highest BCUT2D eigenvalue weighted by Crippen LogP contribution is 2.17. The van der Waals surface area contributed by atoms with Gasteiger partial charge in [-0.1, -0.05) is 13.3 Å². The number of carbonyl (C=O) groups is 1. The Hall–Kier alpha value is -2.09.